The van der Waals surface area contributed by atoms with Gasteiger partial charge in [0.1, 0.15) is 0 Å². The Balaban J connectivity index is 2.41. The van der Waals surface area contributed by atoms with Gasteiger partial charge >= 0.3 is 11.7 Å². The Hall–Kier alpha value is -2.88. The Morgan fingerprint density at radius 2 is 1.71 bits per heavy atom. The highest BCUT2D eigenvalue weighted by atomic mass is 32.2. The van der Waals surface area contributed by atoms with E-state index in [2.05, 4.69) is 9.46 Å². The number of ether oxygens (including phenoxy) is 1. The Morgan fingerprint density at radius 1 is 1.12 bits per heavy atom. The second kappa shape index (κ2) is 6.32. The Labute approximate surface area is 137 Å². The maximum atomic E-state index is 12.4. The first-order valence-corrected chi connectivity index (χ1v) is 8.13. The number of sulfonamides is 1. The van der Waals surface area contributed by atoms with Gasteiger partial charge in [0.2, 0.25) is 0 Å². The van der Waals surface area contributed by atoms with E-state index in [1.54, 1.807) is 0 Å². The highest BCUT2D eigenvalue weighted by molar-refractivity contribution is 7.92. The fourth-order valence-corrected chi connectivity index (χ4v) is 3.18. The van der Waals surface area contributed by atoms with E-state index >= 15 is 0 Å². The van der Waals surface area contributed by atoms with Crippen LogP contribution < -0.4 is 16.0 Å². The van der Waals surface area contributed by atoms with Crippen LogP contribution in [0.3, 0.4) is 0 Å². The molecule has 0 unspecified atom stereocenters. The molecule has 0 bridgehead atoms. The lowest BCUT2D eigenvalue weighted by molar-refractivity contribution is 0.0601. The van der Waals surface area contributed by atoms with Crippen LogP contribution in [0, 0.1) is 0 Å². The molecule has 0 saturated heterocycles. The van der Waals surface area contributed by atoms with E-state index in [0.717, 1.165) is 10.8 Å². The number of benzene rings is 1. The summed E-state index contributed by atoms with van der Waals surface area (Å²) in [6, 6.07) is 5.47. The standard InChI is InChI=1S/C14H15N3O6S/c1-16-8-11(12(18)17(2)14(16)20)24(21,22)15-10-6-4-9(5-7-10)13(19)23-3/h4-8,15H,1-3H3. The van der Waals surface area contributed by atoms with Crippen molar-refractivity contribution in [1.29, 1.82) is 0 Å². The molecule has 1 aromatic heterocycles. The number of nitrogens with zero attached hydrogens (tertiary/aromatic N) is 2. The quantitative estimate of drug-likeness (QED) is 0.753. The number of nitrogens with one attached hydrogen (secondary N) is 1. The van der Waals surface area contributed by atoms with Crippen molar-refractivity contribution >= 4 is 21.7 Å². The SMILES string of the molecule is COC(=O)c1ccc(NS(=O)(=O)c2cn(C)c(=O)n(C)c2=O)cc1. The molecule has 0 radical (unpaired) electrons. The molecule has 0 fully saturated rings. The second-order valence-corrected chi connectivity index (χ2v) is 6.58. The van der Waals surface area contributed by atoms with Crippen molar-refractivity contribution in [2.24, 2.45) is 14.1 Å². The van der Waals surface area contributed by atoms with E-state index in [0.29, 0.717) is 4.57 Å². The van der Waals surface area contributed by atoms with Crippen LogP contribution in [0.2, 0.25) is 0 Å². The van der Waals surface area contributed by atoms with E-state index in [9.17, 15) is 22.8 Å². The molecule has 0 atom stereocenters. The third-order valence-electron chi connectivity index (χ3n) is 3.26. The summed E-state index contributed by atoms with van der Waals surface area (Å²) in [7, 11) is -0.445. The Morgan fingerprint density at radius 3 is 2.25 bits per heavy atom. The van der Waals surface area contributed by atoms with Gasteiger partial charge in [-0.05, 0) is 24.3 Å². The zero-order valence-electron chi connectivity index (χ0n) is 13.1. The van der Waals surface area contributed by atoms with E-state index in [-0.39, 0.29) is 11.3 Å². The van der Waals surface area contributed by atoms with Gasteiger partial charge in [0.25, 0.3) is 15.6 Å². The molecular formula is C14H15N3O6S. The van der Waals surface area contributed by atoms with Crippen molar-refractivity contribution in [2.75, 3.05) is 11.8 Å². The lowest BCUT2D eigenvalue weighted by Gasteiger charge is -2.10. The van der Waals surface area contributed by atoms with E-state index < -0.39 is 32.1 Å². The van der Waals surface area contributed by atoms with Gasteiger partial charge in [0.15, 0.2) is 4.90 Å². The summed E-state index contributed by atoms with van der Waals surface area (Å²) in [5, 5.41) is 0. The molecule has 0 aliphatic rings. The van der Waals surface area contributed by atoms with Crippen LogP contribution in [0.5, 0.6) is 0 Å². The minimum absolute atomic E-state index is 0.151. The summed E-state index contributed by atoms with van der Waals surface area (Å²) < 4.78 is 33.2. The largest absolute Gasteiger partial charge is 0.465 e. The first-order chi connectivity index (χ1) is 11.2. The summed E-state index contributed by atoms with van der Waals surface area (Å²) in [5.74, 6) is -0.559. The molecule has 0 saturated carbocycles. The molecule has 0 amide bonds. The van der Waals surface area contributed by atoms with Crippen molar-refractivity contribution in [3.63, 3.8) is 0 Å². The lowest BCUT2D eigenvalue weighted by Crippen LogP contribution is -2.40. The van der Waals surface area contributed by atoms with Gasteiger partial charge in [-0.15, -0.1) is 0 Å². The average Bonchev–Trinajstić information content (AvgIpc) is 2.55. The molecule has 2 rings (SSSR count). The van der Waals surface area contributed by atoms with Gasteiger partial charge in [0, 0.05) is 26.0 Å². The van der Waals surface area contributed by atoms with Crippen molar-refractivity contribution in [2.45, 2.75) is 4.90 Å². The molecule has 0 aliphatic carbocycles. The molecule has 24 heavy (non-hydrogen) atoms. The third kappa shape index (κ3) is 3.23. The van der Waals surface area contributed by atoms with Crippen LogP contribution in [0.1, 0.15) is 10.4 Å². The second-order valence-electron chi connectivity index (χ2n) is 4.93. The summed E-state index contributed by atoms with van der Waals surface area (Å²) in [4.78, 5) is 34.4. The van der Waals surface area contributed by atoms with Crippen molar-refractivity contribution < 1.29 is 17.9 Å². The molecule has 1 aromatic carbocycles. The molecule has 128 valence electrons. The number of carbonyl (C=O) groups excluding carboxylic acids is 1. The molecule has 0 spiro atoms. The van der Waals surface area contributed by atoms with Crippen molar-refractivity contribution in [3.8, 4) is 0 Å². The maximum absolute atomic E-state index is 12.4. The highest BCUT2D eigenvalue weighted by Gasteiger charge is 2.21. The smallest absolute Gasteiger partial charge is 0.337 e. The zero-order chi connectivity index (χ0) is 18.1. The van der Waals surface area contributed by atoms with Gasteiger partial charge in [-0.25, -0.2) is 18.0 Å². The predicted molar refractivity (Wildman–Crippen MR) is 85.5 cm³/mol. The molecular weight excluding hydrogens is 338 g/mol. The van der Waals surface area contributed by atoms with Gasteiger partial charge in [-0.1, -0.05) is 0 Å². The van der Waals surface area contributed by atoms with Gasteiger partial charge in [-0.3, -0.25) is 14.1 Å². The number of methoxy groups -OCH3 is 1. The summed E-state index contributed by atoms with van der Waals surface area (Å²) >= 11 is 0. The number of hydrogen-bond acceptors (Lipinski definition) is 6. The Kier molecular flexibility index (Phi) is 4.60. The number of aryl methyl sites for hydroxylation is 1. The first kappa shape index (κ1) is 17.5. The highest BCUT2D eigenvalue weighted by Crippen LogP contribution is 2.14. The molecule has 1 N–H and O–H groups in total. The molecule has 2 aromatic rings. The van der Waals surface area contributed by atoms with Crippen LogP contribution in [0.15, 0.2) is 44.9 Å². The van der Waals surface area contributed by atoms with E-state index in [4.69, 9.17) is 0 Å². The van der Waals surface area contributed by atoms with Crippen LogP contribution in [-0.4, -0.2) is 30.6 Å². The van der Waals surface area contributed by atoms with E-state index in [1.807, 2.05) is 0 Å². The van der Waals surface area contributed by atoms with Gasteiger partial charge in [0.05, 0.1) is 12.7 Å². The topological polar surface area (TPSA) is 116 Å². The number of hydrogen-bond donors (Lipinski definition) is 1. The minimum Gasteiger partial charge on any atom is -0.465 e. The zero-order valence-corrected chi connectivity index (χ0v) is 14.0. The summed E-state index contributed by atoms with van der Waals surface area (Å²) in [6.07, 6.45) is 0.954. The Bertz CT molecular complexity index is 1000. The van der Waals surface area contributed by atoms with Gasteiger partial charge < -0.3 is 9.30 Å². The van der Waals surface area contributed by atoms with Crippen molar-refractivity contribution in [3.05, 3.63) is 56.9 Å². The fourth-order valence-electron chi connectivity index (χ4n) is 1.96. The fraction of sp³-hybridized carbons (Fsp3) is 0.214. The van der Waals surface area contributed by atoms with Crippen LogP contribution >= 0.6 is 0 Å². The molecule has 10 heteroatoms. The van der Waals surface area contributed by atoms with Crippen molar-refractivity contribution in [1.82, 2.24) is 9.13 Å². The lowest BCUT2D eigenvalue weighted by atomic mass is 10.2. The number of carbonyl (C=O) groups is 1. The maximum Gasteiger partial charge on any atom is 0.337 e. The number of aromatic nitrogens is 2. The van der Waals surface area contributed by atoms with Crippen LogP contribution in [-0.2, 0) is 28.9 Å². The van der Waals surface area contributed by atoms with Gasteiger partial charge in [-0.2, -0.15) is 0 Å². The first-order valence-electron chi connectivity index (χ1n) is 6.65. The minimum atomic E-state index is -4.20. The van der Waals surface area contributed by atoms with E-state index in [1.165, 1.54) is 45.5 Å². The normalized spacial score (nSPS) is 11.1. The molecule has 9 nitrogen and oxygen atoms in total. The number of rotatable bonds is 4. The average molecular weight is 353 g/mol. The number of esters is 1. The monoisotopic (exact) mass is 353 g/mol. The third-order valence-corrected chi connectivity index (χ3v) is 4.63. The molecule has 1 heterocycles. The summed E-state index contributed by atoms with van der Waals surface area (Å²) in [6.45, 7) is 0. The summed E-state index contributed by atoms with van der Waals surface area (Å²) in [5.41, 5.74) is -1.17. The molecule has 0 aliphatic heterocycles. The predicted octanol–water partition coefficient (Wildman–Crippen LogP) is -0.329. The van der Waals surface area contributed by atoms with Crippen LogP contribution in [0.25, 0.3) is 0 Å². The number of anilines is 1. The van der Waals surface area contributed by atoms with Crippen LogP contribution in [0.4, 0.5) is 5.69 Å².